The van der Waals surface area contributed by atoms with Gasteiger partial charge in [-0.2, -0.15) is 0 Å². The molecule has 2 N–H and O–H groups in total. The molecule has 0 atom stereocenters. The Kier molecular flexibility index (Phi) is 5.48. The molecule has 0 bridgehead atoms. The van der Waals surface area contributed by atoms with E-state index in [1.165, 1.54) is 0 Å². The number of hydrogen-bond donors (Lipinski definition) is 1. The lowest BCUT2D eigenvalue weighted by molar-refractivity contribution is 0.499. The molecule has 0 saturated carbocycles. The molecule has 3 heterocycles. The summed E-state index contributed by atoms with van der Waals surface area (Å²) in [6, 6.07) is 13.1. The van der Waals surface area contributed by atoms with Gasteiger partial charge in [0.2, 0.25) is 0 Å². The van der Waals surface area contributed by atoms with E-state index in [4.69, 9.17) is 45.5 Å². The Morgan fingerprint density at radius 2 is 1.61 bits per heavy atom. The van der Waals surface area contributed by atoms with Gasteiger partial charge in [0.15, 0.2) is 17.0 Å². The van der Waals surface area contributed by atoms with Gasteiger partial charge in [-0.1, -0.05) is 34.8 Å². The second-order valence-corrected chi connectivity index (χ2v) is 8.85. The zero-order valence-electron chi connectivity index (χ0n) is 16.5. The zero-order chi connectivity index (χ0) is 21.5. The molecule has 0 spiro atoms. The van der Waals surface area contributed by atoms with Crippen molar-refractivity contribution in [3.63, 3.8) is 0 Å². The van der Waals surface area contributed by atoms with Crippen LogP contribution >= 0.6 is 34.8 Å². The van der Waals surface area contributed by atoms with Crippen LogP contribution in [0.3, 0.4) is 0 Å². The van der Waals surface area contributed by atoms with Crippen molar-refractivity contribution in [2.75, 3.05) is 18.0 Å². The van der Waals surface area contributed by atoms with Gasteiger partial charge in [0.25, 0.3) is 0 Å². The van der Waals surface area contributed by atoms with Crippen LogP contribution in [-0.2, 0) is 0 Å². The van der Waals surface area contributed by atoms with Crippen LogP contribution < -0.4 is 10.6 Å². The van der Waals surface area contributed by atoms with Gasteiger partial charge in [0.05, 0.1) is 5.02 Å². The highest BCUT2D eigenvalue weighted by molar-refractivity contribution is 6.36. The van der Waals surface area contributed by atoms with E-state index >= 15 is 0 Å². The standard InChI is InChI=1S/C22H19Cl3N6/c23-13-1-4-16(5-2-13)31-20(17-6-3-14(24)11-18(17)25)29-19-21(27-12-28-22(19)31)30-9-7-15(26)8-10-30/h1-6,11-12,15H,7-10,26H2. The molecule has 9 heteroatoms. The van der Waals surface area contributed by atoms with Crippen LogP contribution in [0.15, 0.2) is 48.8 Å². The number of piperidine rings is 1. The maximum Gasteiger partial charge on any atom is 0.170 e. The van der Waals surface area contributed by atoms with Crippen LogP contribution in [0, 0.1) is 0 Å². The molecule has 1 saturated heterocycles. The normalized spacial score (nSPS) is 15.0. The number of nitrogens with zero attached hydrogens (tertiary/aromatic N) is 5. The fourth-order valence-corrected chi connectivity index (χ4v) is 4.53. The summed E-state index contributed by atoms with van der Waals surface area (Å²) < 4.78 is 1.97. The number of halogens is 3. The summed E-state index contributed by atoms with van der Waals surface area (Å²) in [5.41, 5.74) is 9.14. The molecule has 4 aromatic rings. The molecule has 0 unspecified atom stereocenters. The van der Waals surface area contributed by atoms with Crippen LogP contribution in [0.2, 0.25) is 15.1 Å². The van der Waals surface area contributed by atoms with Gasteiger partial charge in [0.1, 0.15) is 12.2 Å². The van der Waals surface area contributed by atoms with Crippen molar-refractivity contribution in [1.29, 1.82) is 0 Å². The highest BCUT2D eigenvalue weighted by atomic mass is 35.5. The van der Waals surface area contributed by atoms with Crippen molar-refractivity contribution in [2.24, 2.45) is 5.73 Å². The van der Waals surface area contributed by atoms with Gasteiger partial charge in [-0.3, -0.25) is 4.57 Å². The third-order valence-electron chi connectivity index (χ3n) is 5.52. The van der Waals surface area contributed by atoms with E-state index in [2.05, 4.69) is 14.9 Å². The maximum absolute atomic E-state index is 6.56. The third-order valence-corrected chi connectivity index (χ3v) is 6.32. The first-order valence-electron chi connectivity index (χ1n) is 9.96. The van der Waals surface area contributed by atoms with Gasteiger partial charge in [-0.05, 0) is 55.3 Å². The van der Waals surface area contributed by atoms with Crippen LogP contribution in [0.25, 0.3) is 28.2 Å². The highest BCUT2D eigenvalue weighted by Crippen LogP contribution is 2.36. The van der Waals surface area contributed by atoms with E-state index in [9.17, 15) is 0 Å². The minimum absolute atomic E-state index is 0.226. The van der Waals surface area contributed by atoms with Crippen molar-refractivity contribution in [1.82, 2.24) is 19.5 Å². The first-order chi connectivity index (χ1) is 15.0. The summed E-state index contributed by atoms with van der Waals surface area (Å²) in [5, 5.41) is 1.73. The van der Waals surface area contributed by atoms with E-state index in [1.807, 2.05) is 34.9 Å². The SMILES string of the molecule is NC1CCN(c2ncnc3c2nc(-c2ccc(Cl)cc2Cl)n3-c2ccc(Cl)cc2)CC1. The molecule has 6 nitrogen and oxygen atoms in total. The van der Waals surface area contributed by atoms with Gasteiger partial charge in [0, 0.05) is 40.4 Å². The summed E-state index contributed by atoms with van der Waals surface area (Å²) in [7, 11) is 0. The number of hydrogen-bond acceptors (Lipinski definition) is 5. The van der Waals surface area contributed by atoms with Gasteiger partial charge >= 0.3 is 0 Å². The molecule has 158 valence electrons. The van der Waals surface area contributed by atoms with E-state index in [1.54, 1.807) is 18.5 Å². The van der Waals surface area contributed by atoms with E-state index in [0.717, 1.165) is 43.0 Å². The summed E-state index contributed by atoms with van der Waals surface area (Å²) in [4.78, 5) is 16.3. The average molecular weight is 474 g/mol. The second-order valence-electron chi connectivity index (χ2n) is 7.57. The van der Waals surface area contributed by atoms with Crippen LogP contribution in [-0.4, -0.2) is 38.7 Å². The Bertz CT molecular complexity index is 1250. The monoisotopic (exact) mass is 472 g/mol. The lowest BCUT2D eigenvalue weighted by atomic mass is 10.1. The molecule has 2 aromatic heterocycles. The predicted molar refractivity (Wildman–Crippen MR) is 127 cm³/mol. The van der Waals surface area contributed by atoms with Gasteiger partial charge < -0.3 is 10.6 Å². The van der Waals surface area contributed by atoms with Gasteiger partial charge in [-0.25, -0.2) is 15.0 Å². The molecule has 1 aliphatic heterocycles. The van der Waals surface area contributed by atoms with Crippen LogP contribution in [0.5, 0.6) is 0 Å². The molecule has 0 amide bonds. The number of nitrogens with two attached hydrogens (primary N) is 1. The fourth-order valence-electron chi connectivity index (χ4n) is 3.91. The average Bonchev–Trinajstić information content (AvgIpc) is 3.14. The summed E-state index contributed by atoms with van der Waals surface area (Å²) in [6.07, 6.45) is 3.41. The lowest BCUT2D eigenvalue weighted by Gasteiger charge is -2.30. The minimum Gasteiger partial charge on any atom is -0.355 e. The van der Waals surface area contributed by atoms with E-state index in [0.29, 0.717) is 32.1 Å². The molecule has 0 radical (unpaired) electrons. The Balaban J connectivity index is 1.75. The van der Waals surface area contributed by atoms with Crippen molar-refractivity contribution < 1.29 is 0 Å². The summed E-state index contributed by atoms with van der Waals surface area (Å²) in [5.74, 6) is 1.46. The second kappa shape index (κ2) is 8.28. The molecule has 0 aliphatic carbocycles. The van der Waals surface area contributed by atoms with Crippen molar-refractivity contribution in [2.45, 2.75) is 18.9 Å². The first kappa shape index (κ1) is 20.5. The number of anilines is 1. The molecule has 5 rings (SSSR count). The third kappa shape index (κ3) is 3.85. The topological polar surface area (TPSA) is 72.9 Å². The molecule has 2 aromatic carbocycles. The van der Waals surface area contributed by atoms with E-state index in [-0.39, 0.29) is 6.04 Å². The molecule has 31 heavy (non-hydrogen) atoms. The lowest BCUT2D eigenvalue weighted by Crippen LogP contribution is -2.40. The number of benzene rings is 2. The van der Waals surface area contributed by atoms with E-state index < -0.39 is 0 Å². The van der Waals surface area contributed by atoms with Crippen LogP contribution in [0.4, 0.5) is 5.82 Å². The molecular weight excluding hydrogens is 455 g/mol. The summed E-state index contributed by atoms with van der Waals surface area (Å²) in [6.45, 7) is 1.66. The highest BCUT2D eigenvalue weighted by Gasteiger charge is 2.24. The Morgan fingerprint density at radius 3 is 2.32 bits per heavy atom. The zero-order valence-corrected chi connectivity index (χ0v) is 18.7. The van der Waals surface area contributed by atoms with Crippen molar-refractivity contribution >= 4 is 51.8 Å². The fraction of sp³-hybridized carbons (Fsp3) is 0.227. The summed E-state index contributed by atoms with van der Waals surface area (Å²) >= 11 is 18.8. The first-order valence-corrected chi connectivity index (χ1v) is 11.1. The number of rotatable bonds is 3. The Labute approximate surface area is 194 Å². The van der Waals surface area contributed by atoms with Gasteiger partial charge in [-0.15, -0.1) is 0 Å². The molecule has 1 aliphatic rings. The quantitative estimate of drug-likeness (QED) is 0.433. The maximum atomic E-state index is 6.56. The predicted octanol–water partition coefficient (Wildman–Crippen LogP) is 5.37. The largest absolute Gasteiger partial charge is 0.355 e. The van der Waals surface area contributed by atoms with Crippen LogP contribution in [0.1, 0.15) is 12.8 Å². The Morgan fingerprint density at radius 1 is 0.903 bits per heavy atom. The van der Waals surface area contributed by atoms with Crippen molar-refractivity contribution in [3.8, 4) is 17.1 Å². The minimum atomic E-state index is 0.226. The number of imidazole rings is 1. The van der Waals surface area contributed by atoms with Crippen molar-refractivity contribution in [3.05, 3.63) is 63.9 Å². The smallest absolute Gasteiger partial charge is 0.170 e. The molecule has 1 fully saturated rings. The number of aromatic nitrogens is 4. The molecular formula is C22H19Cl3N6. The Hall–Kier alpha value is -2.38. The number of fused-ring (bicyclic) bond motifs is 1.